The Morgan fingerprint density at radius 2 is 1.15 bits per heavy atom. The lowest BCUT2D eigenvalue weighted by Gasteiger charge is -2.14. The molecule has 0 heterocycles. The van der Waals surface area contributed by atoms with Gasteiger partial charge in [-0.25, -0.2) is 8.78 Å². The van der Waals surface area contributed by atoms with Crippen LogP contribution in [0.3, 0.4) is 0 Å². The Balaban J connectivity index is 0.000000261. The van der Waals surface area contributed by atoms with Crippen LogP contribution in [0.2, 0.25) is 10.0 Å². The fraction of sp³-hybridized carbons (Fsp3) is 0.270. The molecule has 10 heteroatoms. The van der Waals surface area contributed by atoms with Crippen LogP contribution in [0, 0.1) is 25.5 Å². The molecule has 0 bridgehead atoms. The molecule has 0 fully saturated rings. The molecule has 47 heavy (non-hydrogen) atoms. The first kappa shape index (κ1) is 37.2. The average Bonchev–Trinajstić information content (AvgIpc) is 3.03. The summed E-state index contributed by atoms with van der Waals surface area (Å²) in [7, 11) is 2.98. The van der Waals surface area contributed by atoms with Gasteiger partial charge in [0.2, 0.25) is 0 Å². The molecular formula is C37H36Cl2F2O6. The van der Waals surface area contributed by atoms with Gasteiger partial charge in [-0.15, -0.1) is 0 Å². The van der Waals surface area contributed by atoms with Crippen LogP contribution in [-0.4, -0.2) is 38.4 Å². The summed E-state index contributed by atoms with van der Waals surface area (Å²) in [5.41, 5.74) is 5.11. The molecule has 0 saturated heterocycles. The average molecular weight is 686 g/mol. The number of benzene rings is 4. The Morgan fingerprint density at radius 1 is 0.702 bits per heavy atom. The van der Waals surface area contributed by atoms with Crippen LogP contribution >= 0.6 is 23.2 Å². The van der Waals surface area contributed by atoms with Gasteiger partial charge in [0.25, 0.3) is 0 Å². The molecule has 0 radical (unpaired) electrons. The van der Waals surface area contributed by atoms with Gasteiger partial charge in [0.15, 0.2) is 11.6 Å². The Bertz CT molecular complexity index is 1790. The van der Waals surface area contributed by atoms with E-state index in [1.54, 1.807) is 55.5 Å². The lowest BCUT2D eigenvalue weighted by molar-refractivity contribution is -0.141. The topological polar surface area (TPSA) is 78.9 Å². The number of methoxy groups -OCH3 is 2. The third-order valence-corrected chi connectivity index (χ3v) is 8.01. The number of carbonyl (C=O) groups is 3. The maximum absolute atomic E-state index is 14.2. The van der Waals surface area contributed by atoms with Crippen molar-refractivity contribution >= 4 is 40.7 Å². The highest BCUT2D eigenvalue weighted by Gasteiger charge is 2.20. The Hall–Kier alpha value is -4.27. The molecule has 6 nitrogen and oxygen atoms in total. The fourth-order valence-corrected chi connectivity index (χ4v) is 5.27. The predicted molar refractivity (Wildman–Crippen MR) is 179 cm³/mol. The number of aryl methyl sites for hydroxylation is 2. The highest BCUT2D eigenvalue weighted by atomic mass is 35.5. The third-order valence-electron chi connectivity index (χ3n) is 7.43. The number of hydrogen-bond acceptors (Lipinski definition) is 6. The van der Waals surface area contributed by atoms with E-state index in [2.05, 4.69) is 0 Å². The summed E-state index contributed by atoms with van der Waals surface area (Å²) in [5, 5.41) is 0.151. The van der Waals surface area contributed by atoms with E-state index < -0.39 is 23.4 Å². The standard InChI is InChI=1S/C20H20ClFO4.C17H16ClFO2/c1-4-26-19(24)11-17(23)15-10-14(12(2)8-18(15)25-3)9-13-6-5-7-16(21)20(13)22;1-10-7-16(21-3)14(11(2)20)9-13(10)8-12-5-4-6-15(18)17(12)19/h5-8,10H,4,9,11H2,1-3H3;4-7,9H,8H2,1-3H3. The second-order valence-corrected chi connectivity index (χ2v) is 11.5. The smallest absolute Gasteiger partial charge is 0.313 e. The molecule has 248 valence electrons. The number of rotatable bonds is 11. The first-order valence-electron chi connectivity index (χ1n) is 14.7. The zero-order valence-corrected chi connectivity index (χ0v) is 28.6. The van der Waals surface area contributed by atoms with Gasteiger partial charge in [0, 0.05) is 12.8 Å². The number of hydrogen-bond donors (Lipinski definition) is 0. The Labute approximate surface area is 283 Å². The minimum atomic E-state index is -0.595. The van der Waals surface area contributed by atoms with Crippen molar-refractivity contribution < 1.29 is 37.4 Å². The Kier molecular flexibility index (Phi) is 13.5. The van der Waals surface area contributed by atoms with Crippen molar-refractivity contribution in [2.45, 2.75) is 47.0 Å². The molecule has 0 N–H and O–H groups in total. The quantitative estimate of drug-likeness (QED) is 0.0891. The molecule has 0 atom stereocenters. The second kappa shape index (κ2) is 17.0. The number of esters is 1. The van der Waals surface area contributed by atoms with Crippen LogP contribution in [0.15, 0.2) is 60.7 Å². The number of ether oxygens (including phenoxy) is 3. The predicted octanol–water partition coefficient (Wildman–Crippen LogP) is 9.11. The van der Waals surface area contributed by atoms with E-state index >= 15 is 0 Å². The van der Waals surface area contributed by atoms with Gasteiger partial charge in [-0.05, 0) is 97.5 Å². The van der Waals surface area contributed by atoms with Gasteiger partial charge >= 0.3 is 5.97 Å². The highest BCUT2D eigenvalue weighted by molar-refractivity contribution is 6.31. The summed E-state index contributed by atoms with van der Waals surface area (Å²) in [6.45, 7) is 7.12. The number of ketones is 2. The Morgan fingerprint density at radius 3 is 1.57 bits per heavy atom. The zero-order chi connectivity index (χ0) is 34.8. The monoisotopic (exact) mass is 684 g/mol. The van der Waals surface area contributed by atoms with Crippen molar-refractivity contribution in [3.63, 3.8) is 0 Å². The minimum Gasteiger partial charge on any atom is -0.496 e. The lowest BCUT2D eigenvalue weighted by atomic mass is 9.95. The van der Waals surface area contributed by atoms with Crippen molar-refractivity contribution in [3.05, 3.63) is 127 Å². The first-order valence-corrected chi connectivity index (χ1v) is 15.5. The van der Waals surface area contributed by atoms with E-state index in [4.69, 9.17) is 37.4 Å². The molecule has 0 aliphatic carbocycles. The summed E-state index contributed by atoms with van der Waals surface area (Å²) in [6, 6.07) is 16.6. The number of Topliss-reactive ketones (excluding diaryl/α,β-unsaturated/α-hetero) is 2. The normalized spacial score (nSPS) is 10.5. The highest BCUT2D eigenvalue weighted by Crippen LogP contribution is 2.29. The third kappa shape index (κ3) is 9.62. The molecular weight excluding hydrogens is 649 g/mol. The van der Waals surface area contributed by atoms with Gasteiger partial charge in [0.1, 0.15) is 29.6 Å². The molecule has 0 aliphatic rings. The largest absolute Gasteiger partial charge is 0.496 e. The van der Waals surface area contributed by atoms with E-state index in [1.165, 1.54) is 33.3 Å². The summed E-state index contributed by atoms with van der Waals surface area (Å²) < 4.78 is 43.5. The molecule has 4 aromatic rings. The van der Waals surface area contributed by atoms with Crippen molar-refractivity contribution in [1.29, 1.82) is 0 Å². The number of halogens is 4. The molecule has 0 saturated carbocycles. The lowest BCUT2D eigenvalue weighted by Crippen LogP contribution is -2.13. The molecule has 0 amide bonds. The first-order chi connectivity index (χ1) is 22.3. The van der Waals surface area contributed by atoms with Crippen molar-refractivity contribution in [2.24, 2.45) is 0 Å². The van der Waals surface area contributed by atoms with E-state index in [0.717, 1.165) is 22.3 Å². The molecule has 0 aromatic heterocycles. The van der Waals surface area contributed by atoms with Crippen LogP contribution in [-0.2, 0) is 22.4 Å². The maximum atomic E-state index is 14.2. The van der Waals surface area contributed by atoms with E-state index in [9.17, 15) is 23.2 Å². The van der Waals surface area contributed by atoms with Crippen LogP contribution in [0.25, 0.3) is 0 Å². The summed E-state index contributed by atoms with van der Waals surface area (Å²) >= 11 is 11.6. The van der Waals surface area contributed by atoms with Gasteiger partial charge in [-0.1, -0.05) is 47.5 Å². The van der Waals surface area contributed by atoms with Crippen molar-refractivity contribution in [2.75, 3.05) is 20.8 Å². The van der Waals surface area contributed by atoms with Crippen LogP contribution in [0.4, 0.5) is 8.78 Å². The molecule has 4 rings (SSSR count). The second-order valence-electron chi connectivity index (χ2n) is 10.7. The fourth-order valence-electron chi connectivity index (χ4n) is 4.88. The van der Waals surface area contributed by atoms with Crippen LogP contribution in [0.5, 0.6) is 11.5 Å². The molecule has 0 unspecified atom stereocenters. The number of carbonyl (C=O) groups excluding carboxylic acids is 3. The van der Waals surface area contributed by atoms with Crippen LogP contribution < -0.4 is 9.47 Å². The zero-order valence-electron chi connectivity index (χ0n) is 27.1. The minimum absolute atomic E-state index is 0.0484. The molecule has 0 spiro atoms. The van der Waals surface area contributed by atoms with Crippen LogP contribution in [0.1, 0.15) is 74.4 Å². The van der Waals surface area contributed by atoms with E-state index in [1.807, 2.05) is 13.8 Å². The van der Waals surface area contributed by atoms with Gasteiger partial charge in [-0.2, -0.15) is 0 Å². The SMILES string of the molecule is CCOC(=O)CC(=O)c1cc(Cc2cccc(Cl)c2F)c(C)cc1OC.COc1cc(C)c(Cc2cccc(Cl)c2F)cc1C(C)=O. The van der Waals surface area contributed by atoms with E-state index in [0.29, 0.717) is 34.6 Å². The maximum Gasteiger partial charge on any atom is 0.313 e. The van der Waals surface area contributed by atoms with Gasteiger partial charge in [-0.3, -0.25) is 14.4 Å². The summed E-state index contributed by atoms with van der Waals surface area (Å²) in [4.78, 5) is 35.8. The van der Waals surface area contributed by atoms with E-state index in [-0.39, 0.29) is 40.8 Å². The van der Waals surface area contributed by atoms with Crippen molar-refractivity contribution in [1.82, 2.24) is 0 Å². The van der Waals surface area contributed by atoms with Crippen molar-refractivity contribution in [3.8, 4) is 11.5 Å². The van der Waals surface area contributed by atoms with Gasteiger partial charge in [0.05, 0.1) is 42.0 Å². The molecule has 4 aromatic carbocycles. The summed E-state index contributed by atoms with van der Waals surface area (Å²) in [6.07, 6.45) is 0.267. The van der Waals surface area contributed by atoms with Gasteiger partial charge < -0.3 is 14.2 Å². The summed E-state index contributed by atoms with van der Waals surface area (Å²) in [5.74, 6) is -1.08. The molecule has 0 aliphatic heterocycles.